The van der Waals surface area contributed by atoms with Gasteiger partial charge in [0.15, 0.2) is 5.65 Å². The van der Waals surface area contributed by atoms with Crippen molar-refractivity contribution in [2.24, 2.45) is 0 Å². The van der Waals surface area contributed by atoms with E-state index >= 15 is 0 Å². The van der Waals surface area contributed by atoms with Gasteiger partial charge in [-0.2, -0.15) is 0 Å². The molecular weight excluding hydrogens is 314 g/mol. The van der Waals surface area contributed by atoms with E-state index in [1.807, 2.05) is 22.7 Å². The highest BCUT2D eigenvalue weighted by molar-refractivity contribution is 5.52. The number of fused-ring (bicyclic) bond motifs is 1. The molecule has 130 valence electrons. The molecule has 0 saturated heterocycles. The number of benzene rings is 1. The molecule has 0 unspecified atom stereocenters. The van der Waals surface area contributed by atoms with Crippen LogP contribution >= 0.6 is 0 Å². The summed E-state index contributed by atoms with van der Waals surface area (Å²) in [4.78, 5) is 0. The summed E-state index contributed by atoms with van der Waals surface area (Å²) in [6.45, 7) is 5.56. The quantitative estimate of drug-likeness (QED) is 0.771. The first-order chi connectivity index (χ1) is 11.8. The minimum absolute atomic E-state index is 0.328. The third-order valence-corrected chi connectivity index (χ3v) is 5.29. The van der Waals surface area contributed by atoms with E-state index in [0.29, 0.717) is 18.5 Å². The number of aliphatic hydroxyl groups is 2. The van der Waals surface area contributed by atoms with Crippen molar-refractivity contribution in [3.8, 4) is 0 Å². The predicted molar refractivity (Wildman–Crippen MR) is 95.4 cm³/mol. The second-order valence-corrected chi connectivity index (χ2v) is 7.71. The van der Waals surface area contributed by atoms with Gasteiger partial charge in [-0.1, -0.05) is 35.9 Å². The third kappa shape index (κ3) is 2.46. The lowest BCUT2D eigenvalue weighted by Crippen LogP contribution is -2.46. The molecule has 0 spiro atoms. The molecule has 4 rings (SSSR count). The van der Waals surface area contributed by atoms with E-state index in [4.69, 9.17) is 0 Å². The fourth-order valence-corrected chi connectivity index (χ4v) is 3.88. The third-order valence-electron chi connectivity index (χ3n) is 5.29. The lowest BCUT2D eigenvalue weighted by molar-refractivity contribution is 0.0331. The maximum absolute atomic E-state index is 10.4. The fraction of sp³-hybridized carbons (Fsp3) is 0.400. The van der Waals surface area contributed by atoms with Crippen molar-refractivity contribution in [2.75, 3.05) is 0 Å². The van der Waals surface area contributed by atoms with Gasteiger partial charge in [-0.3, -0.25) is 4.40 Å². The van der Waals surface area contributed by atoms with E-state index in [-0.39, 0.29) is 11.5 Å². The first kappa shape index (κ1) is 16.2. The Morgan fingerprint density at radius 2 is 1.80 bits per heavy atom. The van der Waals surface area contributed by atoms with Crippen LogP contribution in [0.1, 0.15) is 49.2 Å². The zero-order chi connectivity index (χ0) is 17.8. The summed E-state index contributed by atoms with van der Waals surface area (Å²) >= 11 is 0. The molecule has 0 radical (unpaired) electrons. The van der Waals surface area contributed by atoms with E-state index < -0.39 is 5.60 Å². The van der Waals surface area contributed by atoms with Crippen molar-refractivity contribution in [3.63, 3.8) is 0 Å². The molecule has 0 amide bonds. The molecule has 5 heteroatoms. The highest BCUT2D eigenvalue weighted by Crippen LogP contribution is 2.48. The summed E-state index contributed by atoms with van der Waals surface area (Å²) in [6, 6.07) is 12.2. The number of pyridine rings is 1. The molecular formula is C20H23N3O2. The molecule has 2 heterocycles. The van der Waals surface area contributed by atoms with Crippen molar-refractivity contribution in [1.29, 1.82) is 0 Å². The zero-order valence-electron chi connectivity index (χ0n) is 14.8. The number of hydrogen-bond acceptors (Lipinski definition) is 4. The standard InChI is InChI=1S/C20H23N3O2/c1-13-6-8-14(9-7-13)20(11-15(24)12-20)18-22-21-17-16(19(2,3)25)5-4-10-23(17)18/h4-10,15,24-25H,11-12H2,1-3H3. The minimum atomic E-state index is -0.997. The molecule has 5 nitrogen and oxygen atoms in total. The molecule has 2 N–H and O–H groups in total. The van der Waals surface area contributed by atoms with Crippen LogP contribution in [0, 0.1) is 6.92 Å². The Morgan fingerprint density at radius 1 is 1.12 bits per heavy atom. The molecule has 0 atom stereocenters. The Kier molecular flexibility index (Phi) is 3.49. The van der Waals surface area contributed by atoms with Crippen LogP contribution in [0.3, 0.4) is 0 Å². The highest BCUT2D eigenvalue weighted by atomic mass is 16.3. The van der Waals surface area contributed by atoms with E-state index in [1.165, 1.54) is 5.56 Å². The first-order valence-electron chi connectivity index (χ1n) is 8.63. The van der Waals surface area contributed by atoms with Gasteiger partial charge in [0.05, 0.1) is 17.1 Å². The Balaban J connectivity index is 1.91. The first-order valence-corrected chi connectivity index (χ1v) is 8.63. The van der Waals surface area contributed by atoms with Crippen LogP contribution in [0.2, 0.25) is 0 Å². The number of hydrogen-bond donors (Lipinski definition) is 2. The average molecular weight is 337 g/mol. The van der Waals surface area contributed by atoms with Gasteiger partial charge in [0.1, 0.15) is 5.82 Å². The van der Waals surface area contributed by atoms with Crippen LogP contribution in [-0.4, -0.2) is 30.9 Å². The molecule has 3 aromatic rings. The van der Waals surface area contributed by atoms with Gasteiger partial charge in [0.25, 0.3) is 0 Å². The van der Waals surface area contributed by atoms with E-state index in [2.05, 4.69) is 41.4 Å². The molecule has 0 bridgehead atoms. The van der Waals surface area contributed by atoms with Crippen LogP contribution in [0.15, 0.2) is 42.6 Å². The Labute approximate surface area is 147 Å². The van der Waals surface area contributed by atoms with Crippen LogP contribution < -0.4 is 0 Å². The number of rotatable bonds is 3. The monoisotopic (exact) mass is 337 g/mol. The van der Waals surface area contributed by atoms with Crippen molar-refractivity contribution < 1.29 is 10.2 Å². The molecule has 0 aliphatic heterocycles. The summed E-state index contributed by atoms with van der Waals surface area (Å²) in [5, 5.41) is 29.4. The Bertz CT molecular complexity index is 916. The van der Waals surface area contributed by atoms with Gasteiger partial charge < -0.3 is 10.2 Å². The molecule has 1 aliphatic carbocycles. The smallest absolute Gasteiger partial charge is 0.166 e. The van der Waals surface area contributed by atoms with Crippen molar-refractivity contribution in [1.82, 2.24) is 14.6 Å². The zero-order valence-corrected chi connectivity index (χ0v) is 14.8. The van der Waals surface area contributed by atoms with Gasteiger partial charge in [-0.15, -0.1) is 10.2 Å². The van der Waals surface area contributed by atoms with Crippen molar-refractivity contribution >= 4 is 5.65 Å². The molecule has 2 aromatic heterocycles. The van der Waals surface area contributed by atoms with Gasteiger partial charge >= 0.3 is 0 Å². The van der Waals surface area contributed by atoms with E-state index in [9.17, 15) is 10.2 Å². The maximum Gasteiger partial charge on any atom is 0.166 e. The number of nitrogens with zero attached hydrogens (tertiary/aromatic N) is 3. The topological polar surface area (TPSA) is 70.7 Å². The number of aliphatic hydroxyl groups excluding tert-OH is 1. The van der Waals surface area contributed by atoms with Gasteiger partial charge in [0.2, 0.25) is 0 Å². The fourth-order valence-electron chi connectivity index (χ4n) is 3.88. The second kappa shape index (κ2) is 5.38. The molecule has 25 heavy (non-hydrogen) atoms. The normalized spacial score (nSPS) is 23.6. The van der Waals surface area contributed by atoms with Crippen molar-refractivity contribution in [3.05, 3.63) is 65.1 Å². The molecule has 1 aliphatic rings. The van der Waals surface area contributed by atoms with Crippen LogP contribution in [0.5, 0.6) is 0 Å². The van der Waals surface area contributed by atoms with Crippen LogP contribution in [0.25, 0.3) is 5.65 Å². The second-order valence-electron chi connectivity index (χ2n) is 7.71. The highest BCUT2D eigenvalue weighted by Gasteiger charge is 2.49. The van der Waals surface area contributed by atoms with Crippen LogP contribution in [-0.2, 0) is 11.0 Å². The minimum Gasteiger partial charge on any atom is -0.393 e. The van der Waals surface area contributed by atoms with Gasteiger partial charge in [-0.25, -0.2) is 0 Å². The van der Waals surface area contributed by atoms with E-state index in [0.717, 1.165) is 17.0 Å². The summed E-state index contributed by atoms with van der Waals surface area (Å²) < 4.78 is 1.96. The summed E-state index contributed by atoms with van der Waals surface area (Å²) in [7, 11) is 0. The molecule has 1 saturated carbocycles. The lowest BCUT2D eigenvalue weighted by atomic mass is 9.62. The Hall–Kier alpha value is -2.24. The number of aryl methyl sites for hydroxylation is 1. The van der Waals surface area contributed by atoms with Gasteiger partial charge in [0, 0.05) is 11.8 Å². The van der Waals surface area contributed by atoms with E-state index in [1.54, 1.807) is 13.8 Å². The number of aromatic nitrogens is 3. The van der Waals surface area contributed by atoms with Gasteiger partial charge in [-0.05, 0) is 45.2 Å². The SMILES string of the molecule is Cc1ccc(C2(c3nnc4c(C(C)(C)O)cccn34)CC(O)C2)cc1. The molecule has 1 fully saturated rings. The average Bonchev–Trinajstić information content (AvgIpc) is 2.95. The predicted octanol–water partition coefficient (Wildman–Crippen LogP) is 2.71. The van der Waals surface area contributed by atoms with Crippen LogP contribution in [0.4, 0.5) is 0 Å². The lowest BCUT2D eigenvalue weighted by Gasteiger charge is -2.44. The summed E-state index contributed by atoms with van der Waals surface area (Å²) in [5.41, 5.74) is 2.42. The largest absolute Gasteiger partial charge is 0.393 e. The molecule has 1 aromatic carbocycles. The maximum atomic E-state index is 10.4. The van der Waals surface area contributed by atoms with Crippen molar-refractivity contribution in [2.45, 2.75) is 50.7 Å². The summed E-state index contributed by atoms with van der Waals surface area (Å²) in [5.74, 6) is 0.822. The summed E-state index contributed by atoms with van der Waals surface area (Å²) in [6.07, 6.45) is 2.86. The Morgan fingerprint density at radius 3 is 2.40 bits per heavy atom.